The van der Waals surface area contributed by atoms with Crippen molar-refractivity contribution >= 4 is 10.0 Å². The summed E-state index contributed by atoms with van der Waals surface area (Å²) in [5.74, 6) is 1.44. The monoisotopic (exact) mass is 309 g/mol. The Hall–Kier alpha value is -2.00. The topological polar surface area (TPSA) is 110 Å². The molecular formula is C12H15N5O3S. The molecule has 2 N–H and O–H groups in total. The number of rotatable bonds is 4. The Morgan fingerprint density at radius 1 is 1.43 bits per heavy atom. The number of H-pyrrole nitrogens is 1. The van der Waals surface area contributed by atoms with Crippen molar-refractivity contribution in [2.45, 2.75) is 37.2 Å². The van der Waals surface area contributed by atoms with Crippen molar-refractivity contribution in [3.63, 3.8) is 0 Å². The van der Waals surface area contributed by atoms with Crippen LogP contribution in [0.2, 0.25) is 0 Å². The first kappa shape index (κ1) is 14.0. The van der Waals surface area contributed by atoms with Crippen LogP contribution in [-0.2, 0) is 23.0 Å². The van der Waals surface area contributed by atoms with Crippen molar-refractivity contribution in [1.82, 2.24) is 24.5 Å². The second kappa shape index (κ2) is 5.08. The summed E-state index contributed by atoms with van der Waals surface area (Å²) in [7, 11) is -3.91. The van der Waals surface area contributed by atoms with E-state index >= 15 is 0 Å². The second-order valence-corrected chi connectivity index (χ2v) is 6.63. The van der Waals surface area contributed by atoms with E-state index in [0.29, 0.717) is 5.82 Å². The highest BCUT2D eigenvalue weighted by molar-refractivity contribution is 7.89. The zero-order chi connectivity index (χ0) is 15.0. The molecule has 3 heterocycles. The van der Waals surface area contributed by atoms with Gasteiger partial charge in [-0.1, -0.05) is 0 Å². The van der Waals surface area contributed by atoms with E-state index < -0.39 is 21.5 Å². The van der Waals surface area contributed by atoms with Crippen LogP contribution in [0.25, 0.3) is 0 Å². The molecule has 1 aliphatic heterocycles. The van der Waals surface area contributed by atoms with E-state index in [2.05, 4.69) is 19.9 Å². The highest BCUT2D eigenvalue weighted by Crippen LogP contribution is 2.20. The summed E-state index contributed by atoms with van der Waals surface area (Å²) >= 11 is 0. The fourth-order valence-corrected chi connectivity index (χ4v) is 3.71. The first-order valence-electron chi connectivity index (χ1n) is 6.60. The Bertz CT molecular complexity index is 823. The predicted octanol–water partition coefficient (Wildman–Crippen LogP) is -0.0479. The zero-order valence-electron chi connectivity index (χ0n) is 11.4. The number of nitrogens with one attached hydrogen (secondary N) is 2. The van der Waals surface area contributed by atoms with Crippen LogP contribution in [0.3, 0.4) is 0 Å². The molecule has 0 spiro atoms. The Morgan fingerprint density at radius 3 is 3.00 bits per heavy atom. The lowest BCUT2D eigenvalue weighted by Gasteiger charge is -2.13. The number of hydrogen-bond acceptors (Lipinski definition) is 5. The second-order valence-electron chi connectivity index (χ2n) is 4.95. The lowest BCUT2D eigenvalue weighted by atomic mass is 10.3. The van der Waals surface area contributed by atoms with E-state index in [0.717, 1.165) is 25.2 Å². The molecule has 112 valence electrons. The molecule has 0 saturated carbocycles. The van der Waals surface area contributed by atoms with Crippen LogP contribution in [0, 0.1) is 0 Å². The van der Waals surface area contributed by atoms with E-state index in [1.54, 1.807) is 6.92 Å². The lowest BCUT2D eigenvalue weighted by molar-refractivity contribution is 0.545. The highest BCUT2D eigenvalue weighted by atomic mass is 32.2. The number of aromatic nitrogens is 4. The molecule has 21 heavy (non-hydrogen) atoms. The van der Waals surface area contributed by atoms with Gasteiger partial charge in [0.2, 0.25) is 15.5 Å². The summed E-state index contributed by atoms with van der Waals surface area (Å²) in [6.07, 6.45) is 4.39. The van der Waals surface area contributed by atoms with Gasteiger partial charge >= 0.3 is 0 Å². The van der Waals surface area contributed by atoms with E-state index in [9.17, 15) is 13.2 Å². The Balaban J connectivity index is 1.89. The predicted molar refractivity (Wildman–Crippen MR) is 74.1 cm³/mol. The largest absolute Gasteiger partial charge is 0.366 e. The Morgan fingerprint density at radius 2 is 2.24 bits per heavy atom. The van der Waals surface area contributed by atoms with E-state index in [1.807, 2.05) is 4.57 Å². The molecular weight excluding hydrogens is 294 g/mol. The molecule has 0 aromatic carbocycles. The van der Waals surface area contributed by atoms with E-state index in [-0.39, 0.29) is 4.90 Å². The van der Waals surface area contributed by atoms with Crippen LogP contribution < -0.4 is 10.2 Å². The van der Waals surface area contributed by atoms with Gasteiger partial charge in [-0.2, -0.15) is 0 Å². The SMILES string of the molecule is CC(NS(=O)(=O)c1c[nH]ccc1=O)c1nnc2n1CCC2. The van der Waals surface area contributed by atoms with Crippen molar-refractivity contribution in [3.05, 3.63) is 40.3 Å². The molecule has 0 saturated heterocycles. The molecule has 0 radical (unpaired) electrons. The van der Waals surface area contributed by atoms with E-state index in [4.69, 9.17) is 0 Å². The summed E-state index contributed by atoms with van der Waals surface area (Å²) in [4.78, 5) is 13.9. The number of fused-ring (bicyclic) bond motifs is 1. The number of nitrogens with zero attached hydrogens (tertiary/aromatic N) is 3. The first-order valence-corrected chi connectivity index (χ1v) is 8.09. The fraction of sp³-hybridized carbons (Fsp3) is 0.417. The molecule has 2 aromatic heterocycles. The fourth-order valence-electron chi connectivity index (χ4n) is 2.45. The van der Waals surface area contributed by atoms with Crippen LogP contribution in [0.4, 0.5) is 0 Å². The summed E-state index contributed by atoms with van der Waals surface area (Å²) in [5.41, 5.74) is -0.556. The van der Waals surface area contributed by atoms with Crippen LogP contribution in [0.1, 0.15) is 31.0 Å². The first-order chi connectivity index (χ1) is 9.99. The third-order valence-electron chi connectivity index (χ3n) is 3.44. The van der Waals surface area contributed by atoms with Crippen molar-refractivity contribution in [1.29, 1.82) is 0 Å². The van der Waals surface area contributed by atoms with E-state index in [1.165, 1.54) is 18.5 Å². The molecule has 2 aromatic rings. The molecule has 1 aliphatic rings. The maximum atomic E-state index is 12.3. The number of aromatic amines is 1. The quantitative estimate of drug-likeness (QED) is 0.823. The van der Waals surface area contributed by atoms with Gasteiger partial charge in [-0.15, -0.1) is 10.2 Å². The molecule has 0 aliphatic carbocycles. The maximum Gasteiger partial charge on any atom is 0.246 e. The molecule has 0 amide bonds. The Kier molecular flexibility index (Phi) is 3.38. The molecule has 1 unspecified atom stereocenters. The molecule has 1 atom stereocenters. The molecule has 0 bridgehead atoms. The third-order valence-corrected chi connectivity index (χ3v) is 5.00. The molecule has 3 rings (SSSR count). The summed E-state index contributed by atoms with van der Waals surface area (Å²) in [5, 5.41) is 8.09. The van der Waals surface area contributed by atoms with Gasteiger partial charge in [0, 0.05) is 31.4 Å². The highest BCUT2D eigenvalue weighted by Gasteiger charge is 2.26. The van der Waals surface area contributed by atoms with Gasteiger partial charge in [0.25, 0.3) is 0 Å². The maximum absolute atomic E-state index is 12.3. The summed E-state index contributed by atoms with van der Waals surface area (Å²) < 4.78 is 28.9. The number of pyridine rings is 1. The van der Waals surface area contributed by atoms with Crippen molar-refractivity contribution in [2.24, 2.45) is 0 Å². The minimum Gasteiger partial charge on any atom is -0.366 e. The van der Waals surface area contributed by atoms with Gasteiger partial charge in [0.1, 0.15) is 10.7 Å². The number of sulfonamides is 1. The van der Waals surface area contributed by atoms with Crippen LogP contribution in [0.5, 0.6) is 0 Å². The van der Waals surface area contributed by atoms with Crippen molar-refractivity contribution in [2.75, 3.05) is 0 Å². The van der Waals surface area contributed by atoms with Crippen LogP contribution in [0.15, 0.2) is 28.2 Å². The summed E-state index contributed by atoms with van der Waals surface area (Å²) in [6.45, 7) is 2.47. The Labute approximate surface area is 121 Å². The smallest absolute Gasteiger partial charge is 0.246 e. The average Bonchev–Trinajstić information content (AvgIpc) is 3.00. The molecule has 0 fully saturated rings. The minimum absolute atomic E-state index is 0.307. The third kappa shape index (κ3) is 2.49. The van der Waals surface area contributed by atoms with Crippen LogP contribution in [-0.4, -0.2) is 28.2 Å². The van der Waals surface area contributed by atoms with Gasteiger partial charge in [-0.25, -0.2) is 13.1 Å². The van der Waals surface area contributed by atoms with Crippen molar-refractivity contribution < 1.29 is 8.42 Å². The average molecular weight is 309 g/mol. The molecule has 8 nitrogen and oxygen atoms in total. The normalized spacial score (nSPS) is 15.9. The van der Waals surface area contributed by atoms with Crippen molar-refractivity contribution in [3.8, 4) is 0 Å². The summed E-state index contributed by atoms with van der Waals surface area (Å²) in [6, 6.07) is 0.613. The van der Waals surface area contributed by atoms with Crippen LogP contribution >= 0.6 is 0 Å². The number of hydrogen-bond donors (Lipinski definition) is 2. The van der Waals surface area contributed by atoms with Gasteiger partial charge in [0.05, 0.1) is 6.04 Å². The minimum atomic E-state index is -3.91. The van der Waals surface area contributed by atoms with Gasteiger partial charge in [-0.05, 0) is 13.3 Å². The van der Waals surface area contributed by atoms with Gasteiger partial charge < -0.3 is 9.55 Å². The lowest BCUT2D eigenvalue weighted by Crippen LogP contribution is -2.32. The number of aryl methyl sites for hydroxylation is 1. The van der Waals surface area contributed by atoms with Gasteiger partial charge in [-0.3, -0.25) is 4.79 Å². The molecule has 9 heteroatoms. The standard InChI is InChI=1S/C12H15N5O3S/c1-8(12-15-14-11-3-2-6-17(11)12)16-21(19,20)10-7-13-5-4-9(10)18/h4-5,7-8,16H,2-3,6H2,1H3,(H,13,18). The van der Waals surface area contributed by atoms with Gasteiger partial charge in [0.15, 0.2) is 5.82 Å². The zero-order valence-corrected chi connectivity index (χ0v) is 12.2.